The highest BCUT2D eigenvalue weighted by Gasteiger charge is 2.04. The van der Waals surface area contributed by atoms with E-state index >= 15 is 0 Å². The minimum atomic E-state index is 1.15. The van der Waals surface area contributed by atoms with Crippen molar-refractivity contribution in [1.82, 2.24) is 4.90 Å². The monoisotopic (exact) mass is 187 g/mol. The van der Waals surface area contributed by atoms with Gasteiger partial charge in [0.1, 0.15) is 0 Å². The van der Waals surface area contributed by atoms with Crippen molar-refractivity contribution < 1.29 is 0 Å². The molecule has 0 saturated heterocycles. The molecule has 1 heteroatoms. The third-order valence-electron chi connectivity index (χ3n) is 2.77. The molecular weight excluding hydrogens is 170 g/mol. The second kappa shape index (κ2) is 3.97. The van der Waals surface area contributed by atoms with Gasteiger partial charge in [0.05, 0.1) is 0 Å². The van der Waals surface area contributed by atoms with Gasteiger partial charge in [0.2, 0.25) is 0 Å². The van der Waals surface area contributed by atoms with Crippen LogP contribution in [0.1, 0.15) is 12.8 Å². The zero-order valence-corrected chi connectivity index (χ0v) is 8.96. The van der Waals surface area contributed by atoms with Crippen LogP contribution >= 0.6 is 0 Å². The molecule has 0 heterocycles. The fourth-order valence-corrected chi connectivity index (χ4v) is 1.94. The van der Waals surface area contributed by atoms with E-state index in [0.29, 0.717) is 0 Å². The Hall–Kier alpha value is -1.08. The van der Waals surface area contributed by atoms with Crippen molar-refractivity contribution >= 4 is 11.6 Å². The van der Waals surface area contributed by atoms with E-state index in [1.165, 1.54) is 16.9 Å². The first-order chi connectivity index (χ1) is 6.77. The highest BCUT2D eigenvalue weighted by atomic mass is 15.0. The molecule has 0 radical (unpaired) electrons. The van der Waals surface area contributed by atoms with E-state index in [9.17, 15) is 0 Å². The highest BCUT2D eigenvalue weighted by Crippen LogP contribution is 2.10. The Labute approximate surface area is 85.4 Å². The van der Waals surface area contributed by atoms with Crippen molar-refractivity contribution in [2.45, 2.75) is 12.8 Å². The second-order valence-corrected chi connectivity index (χ2v) is 4.15. The Balaban J connectivity index is 2.27. The molecule has 74 valence electrons. The Bertz CT molecular complexity index is 429. The molecule has 0 N–H and O–H groups in total. The van der Waals surface area contributed by atoms with Crippen LogP contribution in [0.2, 0.25) is 0 Å². The highest BCUT2D eigenvalue weighted by molar-refractivity contribution is 5.58. The van der Waals surface area contributed by atoms with Crippen molar-refractivity contribution in [1.29, 1.82) is 0 Å². The largest absolute Gasteiger partial charge is 0.309 e. The molecule has 0 fully saturated rings. The maximum absolute atomic E-state index is 2.33. The molecule has 1 aromatic carbocycles. The molecule has 0 aromatic heterocycles. The summed E-state index contributed by atoms with van der Waals surface area (Å²) < 4.78 is 0. The fourth-order valence-electron chi connectivity index (χ4n) is 1.94. The van der Waals surface area contributed by atoms with Crippen molar-refractivity contribution in [3.05, 3.63) is 34.7 Å². The van der Waals surface area contributed by atoms with Crippen LogP contribution in [-0.4, -0.2) is 25.5 Å². The van der Waals surface area contributed by atoms with Gasteiger partial charge >= 0.3 is 0 Å². The van der Waals surface area contributed by atoms with Crippen LogP contribution in [-0.2, 0) is 0 Å². The third-order valence-corrected chi connectivity index (χ3v) is 2.77. The molecule has 0 spiro atoms. The lowest BCUT2D eigenvalue weighted by atomic mass is 10.1. The Kier molecular flexibility index (Phi) is 2.69. The lowest BCUT2D eigenvalue weighted by Crippen LogP contribution is -2.23. The van der Waals surface area contributed by atoms with Gasteiger partial charge in [-0.25, -0.2) is 0 Å². The lowest BCUT2D eigenvalue weighted by Gasteiger charge is -2.09. The number of hydrogen-bond donors (Lipinski definition) is 0. The van der Waals surface area contributed by atoms with Crippen LogP contribution in [0.25, 0.3) is 11.6 Å². The van der Waals surface area contributed by atoms with Crippen LogP contribution in [0.4, 0.5) is 0 Å². The van der Waals surface area contributed by atoms with Gasteiger partial charge in [-0.2, -0.15) is 0 Å². The fraction of sp³-hybridized carbons (Fsp3) is 0.385. The Morgan fingerprint density at radius 1 is 1.21 bits per heavy atom. The maximum atomic E-state index is 2.33. The second-order valence-electron chi connectivity index (χ2n) is 4.15. The van der Waals surface area contributed by atoms with E-state index < -0.39 is 0 Å². The summed E-state index contributed by atoms with van der Waals surface area (Å²) in [5.41, 5.74) is 1.59. The lowest BCUT2D eigenvalue weighted by molar-refractivity contribution is 0.418. The number of nitrogens with zero attached hydrogens (tertiary/aromatic N) is 1. The molecule has 0 amide bonds. The standard InChI is InChI=1S/C13H17N/c1-14(2)10-9-12-8-7-11-5-3-4-6-13(11)12/h3-7H,8-10H2,1-2H3. The van der Waals surface area contributed by atoms with E-state index in [0.717, 1.165) is 13.0 Å². The predicted octanol–water partition coefficient (Wildman–Crippen LogP) is 0.973. The molecule has 1 aliphatic carbocycles. The van der Waals surface area contributed by atoms with Gasteiger partial charge in [0.15, 0.2) is 0 Å². The number of hydrogen-bond acceptors (Lipinski definition) is 1. The molecule has 0 atom stereocenters. The van der Waals surface area contributed by atoms with Crippen molar-refractivity contribution in [2.75, 3.05) is 20.6 Å². The molecular formula is C13H17N. The van der Waals surface area contributed by atoms with Crippen molar-refractivity contribution in [3.63, 3.8) is 0 Å². The van der Waals surface area contributed by atoms with E-state index in [1.807, 2.05) is 0 Å². The number of benzene rings is 1. The first-order valence-electron chi connectivity index (χ1n) is 5.19. The summed E-state index contributed by atoms with van der Waals surface area (Å²) in [5, 5.41) is 2.88. The van der Waals surface area contributed by atoms with Gasteiger partial charge in [0, 0.05) is 6.54 Å². The summed E-state index contributed by atoms with van der Waals surface area (Å²) >= 11 is 0. The average molecular weight is 187 g/mol. The molecule has 0 saturated carbocycles. The molecule has 1 aromatic rings. The first kappa shape index (κ1) is 9.47. The number of fused-ring (bicyclic) bond motifs is 1. The van der Waals surface area contributed by atoms with Gasteiger partial charge < -0.3 is 4.90 Å². The van der Waals surface area contributed by atoms with Crippen LogP contribution in [0.3, 0.4) is 0 Å². The summed E-state index contributed by atoms with van der Waals surface area (Å²) in [6.07, 6.45) is 4.67. The quantitative estimate of drug-likeness (QED) is 0.681. The Morgan fingerprint density at radius 2 is 2.00 bits per heavy atom. The van der Waals surface area contributed by atoms with Crippen LogP contribution in [0, 0.1) is 0 Å². The van der Waals surface area contributed by atoms with Gasteiger partial charge in [-0.05, 0) is 37.4 Å². The van der Waals surface area contributed by atoms with E-state index in [-0.39, 0.29) is 0 Å². The van der Waals surface area contributed by atoms with Crippen LogP contribution in [0.15, 0.2) is 24.3 Å². The zero-order valence-electron chi connectivity index (χ0n) is 8.96. The minimum absolute atomic E-state index is 1.15. The Morgan fingerprint density at radius 3 is 2.79 bits per heavy atom. The normalized spacial score (nSPS) is 14.4. The van der Waals surface area contributed by atoms with Gasteiger partial charge in [0.25, 0.3) is 0 Å². The minimum Gasteiger partial charge on any atom is -0.309 e. The average Bonchev–Trinajstić information content (AvgIpc) is 2.58. The molecule has 0 unspecified atom stereocenters. The molecule has 14 heavy (non-hydrogen) atoms. The topological polar surface area (TPSA) is 3.24 Å². The molecule has 1 aliphatic rings. The molecule has 0 aliphatic heterocycles. The molecule has 1 nitrogen and oxygen atoms in total. The summed E-state index contributed by atoms with van der Waals surface area (Å²) in [4.78, 5) is 2.24. The van der Waals surface area contributed by atoms with Crippen molar-refractivity contribution in [2.24, 2.45) is 0 Å². The summed E-state index contributed by atoms with van der Waals surface area (Å²) in [6, 6.07) is 8.69. The van der Waals surface area contributed by atoms with Crippen molar-refractivity contribution in [3.8, 4) is 0 Å². The zero-order chi connectivity index (χ0) is 9.97. The van der Waals surface area contributed by atoms with Crippen LogP contribution in [0.5, 0.6) is 0 Å². The first-order valence-corrected chi connectivity index (χ1v) is 5.19. The molecule has 0 bridgehead atoms. The summed E-state index contributed by atoms with van der Waals surface area (Å²) in [5.74, 6) is 0. The van der Waals surface area contributed by atoms with E-state index in [4.69, 9.17) is 0 Å². The van der Waals surface area contributed by atoms with Gasteiger partial charge in [-0.1, -0.05) is 35.9 Å². The third kappa shape index (κ3) is 1.88. The SMILES string of the molecule is CN(C)CCC1=c2ccccc2=CC1. The summed E-state index contributed by atoms with van der Waals surface area (Å²) in [6.45, 7) is 1.15. The summed E-state index contributed by atoms with van der Waals surface area (Å²) in [7, 11) is 4.26. The maximum Gasteiger partial charge on any atom is 0.00129 e. The number of rotatable bonds is 3. The molecule has 2 rings (SSSR count). The van der Waals surface area contributed by atoms with E-state index in [1.54, 1.807) is 5.57 Å². The van der Waals surface area contributed by atoms with E-state index in [2.05, 4.69) is 49.3 Å². The smallest absolute Gasteiger partial charge is 0.00129 e. The van der Waals surface area contributed by atoms with Crippen LogP contribution < -0.4 is 10.4 Å². The predicted molar refractivity (Wildman–Crippen MR) is 61.4 cm³/mol. The van der Waals surface area contributed by atoms with Gasteiger partial charge in [-0.3, -0.25) is 0 Å². The van der Waals surface area contributed by atoms with Gasteiger partial charge in [-0.15, -0.1) is 0 Å².